The number of nitrogens with two attached hydrogens (primary N) is 1. The molecule has 1 aromatic heterocycles. The van der Waals surface area contributed by atoms with Crippen LogP contribution in [-0.4, -0.2) is 4.98 Å². The molecule has 0 bridgehead atoms. The van der Waals surface area contributed by atoms with Crippen molar-refractivity contribution in [1.29, 1.82) is 0 Å². The van der Waals surface area contributed by atoms with Gasteiger partial charge in [-0.15, -0.1) is 0 Å². The third-order valence-electron chi connectivity index (χ3n) is 2.33. The Hall–Kier alpha value is -1.39. The molecule has 2 N–H and O–H groups in total. The van der Waals surface area contributed by atoms with Crippen LogP contribution in [0, 0.1) is 0 Å². The third kappa shape index (κ3) is 3.54. The van der Waals surface area contributed by atoms with Gasteiger partial charge in [-0.05, 0) is 45.8 Å². The van der Waals surface area contributed by atoms with Gasteiger partial charge in [0.1, 0.15) is 12.4 Å². The van der Waals surface area contributed by atoms with Crippen LogP contribution in [0.25, 0.3) is 0 Å². The summed E-state index contributed by atoms with van der Waals surface area (Å²) in [7, 11) is 0. The number of nitrogens with zero attached hydrogens (tertiary/aromatic N) is 1. The Morgan fingerprint density at radius 3 is 2.47 bits per heavy atom. The first-order valence-corrected chi connectivity index (χ1v) is 6.09. The fraction of sp³-hybridized carbons (Fsp3) is 0.154. The van der Waals surface area contributed by atoms with Gasteiger partial charge in [0.05, 0.1) is 5.69 Å². The zero-order chi connectivity index (χ0) is 12.1. The zero-order valence-electron chi connectivity index (χ0n) is 9.27. The molecule has 0 aliphatic carbocycles. The topological polar surface area (TPSA) is 48.1 Å². The zero-order valence-corrected chi connectivity index (χ0v) is 10.9. The molecular formula is C13H13BrN2O. The van der Waals surface area contributed by atoms with Crippen molar-refractivity contribution in [1.82, 2.24) is 4.98 Å². The summed E-state index contributed by atoms with van der Waals surface area (Å²) in [5.41, 5.74) is 7.52. The molecule has 88 valence electrons. The van der Waals surface area contributed by atoms with Gasteiger partial charge in [0.2, 0.25) is 0 Å². The molecule has 0 saturated heterocycles. The minimum Gasteiger partial charge on any atom is -0.487 e. The molecule has 2 rings (SSSR count). The molecule has 0 fully saturated rings. The highest BCUT2D eigenvalue weighted by molar-refractivity contribution is 9.10. The number of ether oxygens (including phenoxy) is 1. The minimum absolute atomic E-state index is 0.468. The summed E-state index contributed by atoms with van der Waals surface area (Å²) >= 11 is 3.34. The van der Waals surface area contributed by atoms with Crippen LogP contribution in [0.3, 0.4) is 0 Å². The summed E-state index contributed by atoms with van der Waals surface area (Å²) in [5, 5.41) is 0. The van der Waals surface area contributed by atoms with Gasteiger partial charge in [0.25, 0.3) is 0 Å². The van der Waals surface area contributed by atoms with Crippen molar-refractivity contribution >= 4 is 15.9 Å². The summed E-state index contributed by atoms with van der Waals surface area (Å²) in [6.07, 6.45) is 1.76. The van der Waals surface area contributed by atoms with Gasteiger partial charge in [0, 0.05) is 17.2 Å². The highest BCUT2D eigenvalue weighted by atomic mass is 79.9. The van der Waals surface area contributed by atoms with Crippen molar-refractivity contribution in [2.45, 2.75) is 13.2 Å². The van der Waals surface area contributed by atoms with Crippen molar-refractivity contribution in [3.05, 3.63) is 58.3 Å². The second-order valence-electron chi connectivity index (χ2n) is 3.60. The normalized spacial score (nSPS) is 10.2. The van der Waals surface area contributed by atoms with E-state index in [4.69, 9.17) is 10.5 Å². The van der Waals surface area contributed by atoms with Gasteiger partial charge in [-0.2, -0.15) is 0 Å². The second-order valence-corrected chi connectivity index (χ2v) is 4.52. The molecule has 0 aliphatic heterocycles. The predicted octanol–water partition coefficient (Wildman–Crippen LogP) is 2.88. The molecule has 0 aliphatic rings. The summed E-state index contributed by atoms with van der Waals surface area (Å²) in [6, 6.07) is 11.6. The molecule has 0 spiro atoms. The number of pyridine rings is 1. The summed E-state index contributed by atoms with van der Waals surface area (Å²) < 4.78 is 6.58. The Bertz CT molecular complexity index is 468. The standard InChI is InChI=1S/C13H13BrN2O/c14-11-3-4-12(16-8-11)9-17-13-5-1-10(7-15)2-6-13/h1-6,8H,7,9,15H2. The van der Waals surface area contributed by atoms with E-state index in [0.717, 1.165) is 21.5 Å². The number of rotatable bonds is 4. The Morgan fingerprint density at radius 2 is 1.88 bits per heavy atom. The number of hydrogen-bond donors (Lipinski definition) is 1. The lowest BCUT2D eigenvalue weighted by molar-refractivity contribution is 0.301. The lowest BCUT2D eigenvalue weighted by Crippen LogP contribution is -1.99. The molecule has 2 aromatic rings. The van der Waals surface area contributed by atoms with Gasteiger partial charge < -0.3 is 10.5 Å². The Morgan fingerprint density at radius 1 is 1.12 bits per heavy atom. The van der Waals surface area contributed by atoms with Gasteiger partial charge in [-0.25, -0.2) is 0 Å². The van der Waals surface area contributed by atoms with E-state index in [0.29, 0.717) is 13.2 Å². The van der Waals surface area contributed by atoms with E-state index < -0.39 is 0 Å². The smallest absolute Gasteiger partial charge is 0.130 e. The molecule has 17 heavy (non-hydrogen) atoms. The summed E-state index contributed by atoms with van der Waals surface area (Å²) in [6.45, 7) is 1.02. The minimum atomic E-state index is 0.468. The average molecular weight is 293 g/mol. The maximum absolute atomic E-state index is 5.61. The van der Waals surface area contributed by atoms with E-state index in [9.17, 15) is 0 Å². The number of benzene rings is 1. The van der Waals surface area contributed by atoms with Crippen molar-refractivity contribution in [2.75, 3.05) is 0 Å². The first kappa shape index (κ1) is 12.1. The molecule has 0 amide bonds. The molecule has 1 heterocycles. The van der Waals surface area contributed by atoms with Crippen molar-refractivity contribution in [2.24, 2.45) is 5.73 Å². The highest BCUT2D eigenvalue weighted by Gasteiger charge is 1.97. The fourth-order valence-corrected chi connectivity index (χ4v) is 1.61. The van der Waals surface area contributed by atoms with E-state index in [1.54, 1.807) is 6.20 Å². The molecular weight excluding hydrogens is 280 g/mol. The van der Waals surface area contributed by atoms with E-state index in [1.807, 2.05) is 36.4 Å². The van der Waals surface area contributed by atoms with E-state index in [2.05, 4.69) is 20.9 Å². The second kappa shape index (κ2) is 5.80. The molecule has 0 unspecified atom stereocenters. The Balaban J connectivity index is 1.95. The number of halogens is 1. The summed E-state index contributed by atoms with van der Waals surface area (Å²) in [5.74, 6) is 0.826. The lowest BCUT2D eigenvalue weighted by Gasteiger charge is -2.06. The van der Waals surface area contributed by atoms with Gasteiger partial charge in [-0.3, -0.25) is 4.98 Å². The number of hydrogen-bond acceptors (Lipinski definition) is 3. The van der Waals surface area contributed by atoms with Crippen LogP contribution in [0.4, 0.5) is 0 Å². The van der Waals surface area contributed by atoms with Crippen LogP contribution in [0.15, 0.2) is 47.1 Å². The Labute approximate surface area is 109 Å². The fourth-order valence-electron chi connectivity index (χ4n) is 1.37. The highest BCUT2D eigenvalue weighted by Crippen LogP contribution is 2.14. The SMILES string of the molecule is NCc1ccc(OCc2ccc(Br)cn2)cc1. The van der Waals surface area contributed by atoms with Crippen LogP contribution < -0.4 is 10.5 Å². The van der Waals surface area contributed by atoms with Crippen LogP contribution in [0.5, 0.6) is 5.75 Å². The van der Waals surface area contributed by atoms with Gasteiger partial charge in [-0.1, -0.05) is 12.1 Å². The van der Waals surface area contributed by atoms with E-state index in [-0.39, 0.29) is 0 Å². The maximum atomic E-state index is 5.61. The molecule has 0 radical (unpaired) electrons. The lowest BCUT2D eigenvalue weighted by atomic mass is 10.2. The van der Waals surface area contributed by atoms with Crippen LogP contribution in [-0.2, 0) is 13.2 Å². The third-order valence-corrected chi connectivity index (χ3v) is 2.80. The quantitative estimate of drug-likeness (QED) is 0.943. The number of aromatic nitrogens is 1. The van der Waals surface area contributed by atoms with Crippen molar-refractivity contribution in [3.63, 3.8) is 0 Å². The first-order valence-electron chi connectivity index (χ1n) is 5.30. The van der Waals surface area contributed by atoms with Crippen molar-refractivity contribution < 1.29 is 4.74 Å². The molecule has 4 heteroatoms. The van der Waals surface area contributed by atoms with Gasteiger partial charge >= 0.3 is 0 Å². The van der Waals surface area contributed by atoms with Crippen LogP contribution in [0.1, 0.15) is 11.3 Å². The molecule has 1 aromatic carbocycles. The monoisotopic (exact) mass is 292 g/mol. The maximum Gasteiger partial charge on any atom is 0.130 e. The molecule has 0 saturated carbocycles. The van der Waals surface area contributed by atoms with Crippen molar-refractivity contribution in [3.8, 4) is 5.75 Å². The van der Waals surface area contributed by atoms with Gasteiger partial charge in [0.15, 0.2) is 0 Å². The van der Waals surface area contributed by atoms with E-state index in [1.165, 1.54) is 0 Å². The Kier molecular flexibility index (Phi) is 4.12. The molecule has 0 atom stereocenters. The van der Waals surface area contributed by atoms with Crippen LogP contribution in [0.2, 0.25) is 0 Å². The van der Waals surface area contributed by atoms with E-state index >= 15 is 0 Å². The molecule has 3 nitrogen and oxygen atoms in total. The summed E-state index contributed by atoms with van der Waals surface area (Å²) in [4.78, 5) is 4.24. The van der Waals surface area contributed by atoms with Crippen LogP contribution >= 0.6 is 15.9 Å². The average Bonchev–Trinajstić information content (AvgIpc) is 2.39. The first-order chi connectivity index (χ1) is 8.28. The predicted molar refractivity (Wildman–Crippen MR) is 70.6 cm³/mol. The largest absolute Gasteiger partial charge is 0.487 e.